The van der Waals surface area contributed by atoms with Crippen LogP contribution in [0, 0.1) is 127 Å². The van der Waals surface area contributed by atoms with Crippen LogP contribution >= 0.6 is 0 Å². The fourth-order valence-corrected chi connectivity index (χ4v) is 8.09. The van der Waals surface area contributed by atoms with Gasteiger partial charge in [0.1, 0.15) is 40.1 Å². The van der Waals surface area contributed by atoms with Crippen molar-refractivity contribution in [2.24, 2.45) is 0 Å². The van der Waals surface area contributed by atoms with Crippen LogP contribution in [0.2, 0.25) is 0 Å². The molecular formula is C65H34F17N29. The Morgan fingerprint density at radius 1 is 0.216 bits per heavy atom. The summed E-state index contributed by atoms with van der Waals surface area (Å²) in [6.45, 7) is 6.52. The summed E-state index contributed by atoms with van der Waals surface area (Å²) in [6.07, 6.45) is 6.48. The standard InChI is InChI=1S/C14H2F8N4.C13H7F3N6.C12H8N6.C9H4F4N4.C9H8N4.C8H5F2N5/c15-5-1-3(7(17)11(21)9(5)19)13-23-25-14(26-24-13)4-2-6(16)10(20)12(22)8(4)18;1-6-2-8(15)10(17-4-6)12-19-21-13(22-20-12)11-9(16)3-7(14)5-18-11;1-3-7-13-9(5-1)11-15-17-12(18-16-11)10-6-2-4-8-14-10;1-3-14-16-9(17-15-3)4-2-5(10)7(12)8(13)6(4)11;1-7-10-12-9(13-11-7)8-5-3-2-4-6-8;1-4-12-14-8(15-13-4)7-6(10)2-5(9)3-11-7/h1-2H;2-5H,1H3;1-8H;2H,1H3;2-6H,1H3;2-3H,1H3. The molecule has 558 valence electrons. The first kappa shape index (κ1) is 78.7. The summed E-state index contributed by atoms with van der Waals surface area (Å²) >= 11 is 0. The van der Waals surface area contributed by atoms with Gasteiger partial charge < -0.3 is 0 Å². The second kappa shape index (κ2) is 35.9. The third kappa shape index (κ3) is 19.8. The Kier molecular flexibility index (Phi) is 25.5. The van der Waals surface area contributed by atoms with Gasteiger partial charge in [0.05, 0.1) is 29.1 Å². The number of halogens is 17. The molecule has 0 aliphatic rings. The Balaban J connectivity index is 0.000000143. The van der Waals surface area contributed by atoms with Crippen molar-refractivity contribution in [3.8, 4) is 103 Å². The molecular weight excluding hydrogens is 1510 g/mol. The smallest absolute Gasteiger partial charge is 0.224 e. The zero-order chi connectivity index (χ0) is 79.6. The average molecular weight is 1540 g/mol. The van der Waals surface area contributed by atoms with Crippen LogP contribution in [-0.4, -0.2) is 147 Å². The Hall–Kier alpha value is -14.9. The lowest BCUT2D eigenvalue weighted by atomic mass is 10.1. The van der Waals surface area contributed by atoms with Crippen molar-refractivity contribution >= 4 is 0 Å². The van der Waals surface area contributed by atoms with Crippen molar-refractivity contribution in [3.63, 3.8) is 0 Å². The van der Waals surface area contributed by atoms with Crippen molar-refractivity contribution in [1.29, 1.82) is 0 Å². The predicted molar refractivity (Wildman–Crippen MR) is 342 cm³/mol. The van der Waals surface area contributed by atoms with E-state index in [1.165, 1.54) is 19.2 Å². The Morgan fingerprint density at radius 3 is 0.811 bits per heavy atom. The first-order valence-corrected chi connectivity index (χ1v) is 30.2. The number of benzene rings is 4. The van der Waals surface area contributed by atoms with Crippen LogP contribution in [0.5, 0.6) is 0 Å². The molecule has 46 heteroatoms. The summed E-state index contributed by atoms with van der Waals surface area (Å²) in [5, 5.41) is 86.9. The summed E-state index contributed by atoms with van der Waals surface area (Å²) in [5.74, 6) is -26.6. The lowest BCUT2D eigenvalue weighted by molar-refractivity contribution is 0.410. The fourth-order valence-electron chi connectivity index (χ4n) is 8.09. The van der Waals surface area contributed by atoms with Crippen molar-refractivity contribution in [1.82, 2.24) is 147 Å². The van der Waals surface area contributed by atoms with E-state index in [2.05, 4.69) is 147 Å². The average Bonchev–Trinajstić information content (AvgIpc) is 0.793. The fraction of sp³-hybridized carbons (Fsp3) is 0.0615. The first-order valence-electron chi connectivity index (χ1n) is 30.2. The van der Waals surface area contributed by atoms with E-state index in [9.17, 15) is 74.6 Å². The van der Waals surface area contributed by atoms with Crippen LogP contribution in [0.25, 0.3) is 103 Å². The van der Waals surface area contributed by atoms with Gasteiger partial charge in [-0.05, 0) is 81.8 Å². The zero-order valence-corrected chi connectivity index (χ0v) is 55.6. The van der Waals surface area contributed by atoms with Gasteiger partial charge in [-0.1, -0.05) is 42.5 Å². The quantitative estimate of drug-likeness (QED) is 0.0736. The van der Waals surface area contributed by atoms with Crippen molar-refractivity contribution < 1.29 is 74.6 Å². The predicted octanol–water partition coefficient (Wildman–Crippen LogP) is 11.2. The van der Waals surface area contributed by atoms with Crippen molar-refractivity contribution in [2.45, 2.75) is 27.7 Å². The van der Waals surface area contributed by atoms with Crippen LogP contribution in [0.1, 0.15) is 23.0 Å². The lowest BCUT2D eigenvalue weighted by Crippen LogP contribution is -2.06. The molecule has 0 saturated heterocycles. The van der Waals surface area contributed by atoms with E-state index in [1.54, 1.807) is 45.3 Å². The second-order valence-electron chi connectivity index (χ2n) is 21.1. The first-order chi connectivity index (χ1) is 53.2. The van der Waals surface area contributed by atoms with Gasteiger partial charge in [0.2, 0.25) is 52.4 Å². The summed E-state index contributed by atoms with van der Waals surface area (Å²) in [5.41, 5.74) is -0.281. The third-order valence-corrected chi connectivity index (χ3v) is 13.3. The molecule has 11 heterocycles. The molecule has 15 aromatic rings. The number of aromatic nitrogens is 29. The highest BCUT2D eigenvalue weighted by Crippen LogP contribution is 2.30. The third-order valence-electron chi connectivity index (χ3n) is 13.3. The SMILES string of the molecule is Cc1cnc(-c2nnc(-c3ncc(F)cc3F)nn2)c(F)c1.Cc1nnc(-c2cc(F)c(F)c(F)c2F)nn1.Cc1nnc(-c2ccccc2)nn1.Cc1nnc(-c2ncc(F)cc2F)nn1.Fc1cc(-c2nnc(-c3cc(F)c(F)c(F)c3F)nn2)c(F)c(F)c1F.c1ccc(-c2nnc(-c3ccccn3)nn2)nc1. The molecule has 111 heavy (non-hydrogen) atoms. The maximum absolute atomic E-state index is 13.8. The summed E-state index contributed by atoms with van der Waals surface area (Å²) in [7, 11) is 0. The molecule has 0 fully saturated rings. The number of nitrogens with zero attached hydrogens (tertiary/aromatic N) is 29. The molecule has 0 N–H and O–H groups in total. The second-order valence-corrected chi connectivity index (χ2v) is 21.1. The minimum absolute atomic E-state index is 0.0712. The summed E-state index contributed by atoms with van der Waals surface area (Å²) < 4.78 is 224. The minimum atomic E-state index is -2.14. The van der Waals surface area contributed by atoms with Gasteiger partial charge >= 0.3 is 0 Å². The number of aryl methyl sites for hydroxylation is 4. The highest BCUT2D eigenvalue weighted by molar-refractivity contribution is 5.60. The van der Waals surface area contributed by atoms with Gasteiger partial charge in [-0.25, -0.2) is 89.6 Å². The highest BCUT2D eigenvalue weighted by atomic mass is 19.2. The zero-order valence-electron chi connectivity index (χ0n) is 55.6. The van der Waals surface area contributed by atoms with Crippen LogP contribution < -0.4 is 0 Å². The monoisotopic (exact) mass is 1540 g/mol. The van der Waals surface area contributed by atoms with Gasteiger partial charge in [0.25, 0.3) is 0 Å². The van der Waals surface area contributed by atoms with Crippen LogP contribution in [-0.2, 0) is 0 Å². The maximum Gasteiger partial charge on any atom is 0.224 e. The van der Waals surface area contributed by atoms with E-state index in [0.29, 0.717) is 64.3 Å². The van der Waals surface area contributed by atoms with E-state index < -0.39 is 133 Å². The van der Waals surface area contributed by atoms with Gasteiger partial charge in [-0.3, -0.25) is 9.97 Å². The van der Waals surface area contributed by atoms with Gasteiger partial charge in [-0.2, -0.15) is 0 Å². The number of hydrogen-bond acceptors (Lipinski definition) is 29. The summed E-state index contributed by atoms with van der Waals surface area (Å²) in [4.78, 5) is 19.2. The van der Waals surface area contributed by atoms with Crippen LogP contribution in [0.4, 0.5) is 74.6 Å². The molecule has 29 nitrogen and oxygen atoms in total. The van der Waals surface area contributed by atoms with Crippen molar-refractivity contribution in [2.75, 3.05) is 0 Å². The molecule has 11 aromatic heterocycles. The van der Waals surface area contributed by atoms with Crippen molar-refractivity contribution in [3.05, 3.63) is 256 Å². The molecule has 15 rings (SSSR count). The molecule has 0 amide bonds. The molecule has 0 atom stereocenters. The van der Waals surface area contributed by atoms with E-state index in [1.807, 2.05) is 54.6 Å². The van der Waals surface area contributed by atoms with Gasteiger partial charge in [0.15, 0.2) is 105 Å². The number of hydrogen-bond donors (Lipinski definition) is 0. The number of rotatable bonds is 9. The molecule has 0 unspecified atom stereocenters. The van der Waals surface area contributed by atoms with Crippen LogP contribution in [0.3, 0.4) is 0 Å². The molecule has 0 saturated carbocycles. The van der Waals surface area contributed by atoms with E-state index in [-0.39, 0.29) is 52.5 Å². The molecule has 0 bridgehead atoms. The minimum Gasteiger partial charge on any atom is -0.253 e. The van der Waals surface area contributed by atoms with E-state index >= 15 is 0 Å². The van der Waals surface area contributed by atoms with Gasteiger partial charge in [-0.15, -0.1) is 122 Å². The maximum atomic E-state index is 13.8. The lowest BCUT2D eigenvalue weighted by Gasteiger charge is -2.06. The highest BCUT2D eigenvalue weighted by Gasteiger charge is 2.27. The normalized spacial score (nSPS) is 10.6. The Bertz CT molecular complexity index is 5520. The molecule has 0 radical (unpaired) electrons. The topological polar surface area (TPSA) is 374 Å². The summed E-state index contributed by atoms with van der Waals surface area (Å²) in [6, 6.07) is 24.1. The Morgan fingerprint density at radius 2 is 0.495 bits per heavy atom. The number of pyridine rings is 5. The molecule has 4 aromatic carbocycles. The Labute approximate surface area is 607 Å². The van der Waals surface area contributed by atoms with E-state index in [4.69, 9.17) is 0 Å². The largest absolute Gasteiger partial charge is 0.253 e. The molecule has 0 spiro atoms. The molecule has 0 aliphatic heterocycles. The van der Waals surface area contributed by atoms with E-state index in [0.717, 1.165) is 18.0 Å². The van der Waals surface area contributed by atoms with Gasteiger partial charge in [0, 0.05) is 36.3 Å². The van der Waals surface area contributed by atoms with Crippen LogP contribution in [0.15, 0.2) is 134 Å². The molecule has 0 aliphatic carbocycles.